The van der Waals surface area contributed by atoms with Gasteiger partial charge in [-0.3, -0.25) is 4.99 Å². The number of fused-ring (bicyclic) bond motifs is 1. The molecule has 0 amide bonds. The number of nitrogens with zero attached hydrogens (tertiary/aromatic N) is 3. The maximum Gasteiger partial charge on any atom is 0.419 e. The highest BCUT2D eigenvalue weighted by Crippen LogP contribution is 2.26. The molecule has 0 N–H and O–H groups in total. The lowest BCUT2D eigenvalue weighted by Crippen LogP contribution is -2.28. The Kier molecular flexibility index (Phi) is 7.18. The first-order chi connectivity index (χ1) is 16.7. The normalized spacial score (nSPS) is 12.1. The molecule has 1 unspecified atom stereocenters. The van der Waals surface area contributed by atoms with Crippen LogP contribution in [0.5, 0.6) is 0 Å². The summed E-state index contributed by atoms with van der Waals surface area (Å²) < 4.78 is 8.15. The van der Waals surface area contributed by atoms with Crippen molar-refractivity contribution in [3.05, 3.63) is 106 Å². The van der Waals surface area contributed by atoms with E-state index < -0.39 is 17.7 Å². The largest absolute Gasteiger partial charge is 0.443 e. The van der Waals surface area contributed by atoms with Crippen LogP contribution in [0, 0.1) is 11.3 Å². The van der Waals surface area contributed by atoms with Crippen molar-refractivity contribution < 1.29 is 9.53 Å². The van der Waals surface area contributed by atoms with Crippen LogP contribution in [0.15, 0.2) is 94.4 Å². The van der Waals surface area contributed by atoms with E-state index in [9.17, 15) is 10.1 Å². The molecule has 1 aromatic heterocycles. The Balaban J connectivity index is 1.79. The molecule has 1 atom stereocenters. The number of hydrogen-bond donors (Lipinski definition) is 0. The third-order valence-corrected chi connectivity index (χ3v) is 5.84. The maximum absolute atomic E-state index is 13.2. The number of aromatic nitrogens is 1. The molecule has 0 aliphatic carbocycles. The number of benzene rings is 3. The lowest BCUT2D eigenvalue weighted by Gasteiger charge is -2.21. The van der Waals surface area contributed by atoms with Crippen LogP contribution in [-0.4, -0.2) is 28.0 Å². The van der Waals surface area contributed by atoms with Gasteiger partial charge in [-0.25, -0.2) is 9.36 Å². The molecule has 0 bridgehead atoms. The average Bonchev–Trinajstić information content (AvgIpc) is 3.18. The van der Waals surface area contributed by atoms with Gasteiger partial charge in [0.05, 0.1) is 17.3 Å². The Hall–Kier alpha value is -3.69. The van der Waals surface area contributed by atoms with Crippen LogP contribution in [0.25, 0.3) is 10.9 Å². The number of halogens is 1. The molecular formula is C29H26BrN3O2. The van der Waals surface area contributed by atoms with Crippen LogP contribution >= 0.6 is 15.9 Å². The number of aliphatic imine (C=N–C) groups is 1. The highest BCUT2D eigenvalue weighted by molar-refractivity contribution is 9.10. The molecule has 4 rings (SSSR count). The third kappa shape index (κ3) is 5.87. The van der Waals surface area contributed by atoms with Gasteiger partial charge in [-0.2, -0.15) is 5.26 Å². The van der Waals surface area contributed by atoms with E-state index in [-0.39, 0.29) is 6.42 Å². The van der Waals surface area contributed by atoms with Gasteiger partial charge in [0, 0.05) is 33.1 Å². The molecule has 0 saturated carbocycles. The zero-order valence-electron chi connectivity index (χ0n) is 19.9. The second kappa shape index (κ2) is 10.3. The lowest BCUT2D eigenvalue weighted by atomic mass is 10.0. The van der Waals surface area contributed by atoms with Crippen molar-refractivity contribution in [2.24, 2.45) is 4.99 Å². The van der Waals surface area contributed by atoms with E-state index in [2.05, 4.69) is 22.0 Å². The summed E-state index contributed by atoms with van der Waals surface area (Å²) in [5.41, 5.74) is 3.33. The molecule has 35 heavy (non-hydrogen) atoms. The Morgan fingerprint density at radius 1 is 1.00 bits per heavy atom. The predicted molar refractivity (Wildman–Crippen MR) is 143 cm³/mol. The van der Waals surface area contributed by atoms with Gasteiger partial charge in [-0.1, -0.05) is 76.6 Å². The summed E-state index contributed by atoms with van der Waals surface area (Å²) in [6, 6.07) is 28.9. The van der Waals surface area contributed by atoms with Gasteiger partial charge in [-0.15, -0.1) is 0 Å². The van der Waals surface area contributed by atoms with Crippen molar-refractivity contribution >= 4 is 38.6 Å². The topological polar surface area (TPSA) is 67.4 Å². The summed E-state index contributed by atoms with van der Waals surface area (Å²) in [4.78, 5) is 18.1. The molecule has 5 nitrogen and oxygen atoms in total. The first-order valence-electron chi connectivity index (χ1n) is 11.4. The molecule has 1 heterocycles. The average molecular weight is 528 g/mol. The van der Waals surface area contributed by atoms with E-state index in [1.165, 1.54) is 0 Å². The monoisotopic (exact) mass is 527 g/mol. The van der Waals surface area contributed by atoms with Gasteiger partial charge in [0.2, 0.25) is 0 Å². The minimum atomic E-state index is -0.709. The Morgan fingerprint density at radius 3 is 2.14 bits per heavy atom. The Labute approximate surface area is 213 Å². The van der Waals surface area contributed by atoms with Crippen LogP contribution in [0.3, 0.4) is 0 Å². The summed E-state index contributed by atoms with van der Waals surface area (Å²) in [5, 5.41) is 11.0. The summed E-state index contributed by atoms with van der Waals surface area (Å²) in [7, 11) is 0. The number of ether oxygens (including phenoxy) is 1. The fourth-order valence-corrected chi connectivity index (χ4v) is 4.28. The highest BCUT2D eigenvalue weighted by atomic mass is 79.9. The van der Waals surface area contributed by atoms with Crippen molar-refractivity contribution in [1.29, 1.82) is 5.26 Å². The van der Waals surface area contributed by atoms with Crippen molar-refractivity contribution in [3.63, 3.8) is 0 Å². The molecule has 0 aliphatic heterocycles. The Morgan fingerprint density at radius 2 is 1.60 bits per heavy atom. The first kappa shape index (κ1) is 24.4. The van der Waals surface area contributed by atoms with Crippen molar-refractivity contribution in [2.45, 2.75) is 38.8 Å². The van der Waals surface area contributed by atoms with Crippen molar-refractivity contribution in [3.8, 4) is 6.07 Å². The number of rotatable bonds is 5. The van der Waals surface area contributed by atoms with Gasteiger partial charge >= 0.3 is 6.09 Å². The molecular weight excluding hydrogens is 502 g/mol. The molecule has 176 valence electrons. The van der Waals surface area contributed by atoms with E-state index in [0.29, 0.717) is 5.69 Å². The molecule has 0 fully saturated rings. The molecule has 0 spiro atoms. The summed E-state index contributed by atoms with van der Waals surface area (Å²) in [5.74, 6) is 0. The van der Waals surface area contributed by atoms with E-state index >= 15 is 0 Å². The number of nitriles is 1. The number of carbonyl (C=O) groups excluding carboxylic acids is 1. The zero-order chi connectivity index (χ0) is 25.0. The minimum Gasteiger partial charge on any atom is -0.443 e. The van der Waals surface area contributed by atoms with Crippen molar-refractivity contribution in [1.82, 2.24) is 4.57 Å². The van der Waals surface area contributed by atoms with Crippen LogP contribution in [0.4, 0.5) is 4.79 Å². The summed E-state index contributed by atoms with van der Waals surface area (Å²) in [6.45, 7) is 5.50. The van der Waals surface area contributed by atoms with Gasteiger partial charge < -0.3 is 4.74 Å². The molecule has 6 heteroatoms. The predicted octanol–water partition coefficient (Wildman–Crippen LogP) is 7.16. The zero-order valence-corrected chi connectivity index (χ0v) is 21.5. The van der Waals surface area contributed by atoms with Gasteiger partial charge in [0.25, 0.3) is 0 Å². The van der Waals surface area contributed by atoms with Crippen molar-refractivity contribution in [2.75, 3.05) is 0 Å². The quantitative estimate of drug-likeness (QED) is 0.258. The summed E-state index contributed by atoms with van der Waals surface area (Å²) in [6.07, 6.45) is -0.220. The minimum absolute atomic E-state index is 0.255. The standard InChI is InChI=1S/C29H26BrN3O2/c1-29(2,3)35-28(34)33-25(17-22-16-23(30)14-15-26(22)33)18-24(19-31)32-27(20-10-6-4-7-11-20)21-12-8-5-9-13-21/h4-17,24H,18H2,1-3H3. The number of hydrogen-bond acceptors (Lipinski definition) is 4. The van der Waals surface area contributed by atoms with Crippen LogP contribution < -0.4 is 0 Å². The second-order valence-electron chi connectivity index (χ2n) is 9.21. The lowest BCUT2D eigenvalue weighted by molar-refractivity contribution is 0.0540. The smallest absolute Gasteiger partial charge is 0.419 e. The summed E-state index contributed by atoms with van der Waals surface area (Å²) >= 11 is 3.50. The van der Waals surface area contributed by atoms with Crippen LogP contribution in [0.2, 0.25) is 0 Å². The molecule has 0 radical (unpaired) electrons. The van der Waals surface area contributed by atoms with E-state index in [1.807, 2.05) is 106 Å². The third-order valence-electron chi connectivity index (χ3n) is 5.35. The molecule has 0 saturated heterocycles. The van der Waals surface area contributed by atoms with E-state index in [1.54, 1.807) is 4.57 Å². The first-order valence-corrected chi connectivity index (χ1v) is 12.2. The Bertz CT molecular complexity index is 1370. The van der Waals surface area contributed by atoms with Gasteiger partial charge in [-0.05, 0) is 45.0 Å². The number of carbonyl (C=O) groups is 1. The van der Waals surface area contributed by atoms with Crippen LogP contribution in [0.1, 0.15) is 37.6 Å². The SMILES string of the molecule is CC(C)(C)OC(=O)n1c(CC(C#N)N=C(c2ccccc2)c2ccccc2)cc2cc(Br)ccc21. The van der Waals surface area contributed by atoms with E-state index in [0.717, 1.165) is 32.2 Å². The van der Waals surface area contributed by atoms with Gasteiger partial charge in [0.15, 0.2) is 0 Å². The maximum atomic E-state index is 13.2. The fraction of sp³-hybridized carbons (Fsp3) is 0.207. The van der Waals surface area contributed by atoms with Crippen LogP contribution in [-0.2, 0) is 11.2 Å². The molecule has 3 aromatic carbocycles. The van der Waals surface area contributed by atoms with Gasteiger partial charge in [0.1, 0.15) is 11.6 Å². The second-order valence-corrected chi connectivity index (χ2v) is 10.1. The molecule has 0 aliphatic rings. The molecule has 4 aromatic rings. The highest BCUT2D eigenvalue weighted by Gasteiger charge is 2.24. The fourth-order valence-electron chi connectivity index (χ4n) is 3.90. The van der Waals surface area contributed by atoms with E-state index in [4.69, 9.17) is 9.73 Å².